The highest BCUT2D eigenvalue weighted by Crippen LogP contribution is 2.25. The van der Waals surface area contributed by atoms with Crippen LogP contribution in [0.3, 0.4) is 0 Å². The van der Waals surface area contributed by atoms with E-state index in [2.05, 4.69) is 10.1 Å². The third kappa shape index (κ3) is 9.01. The molecule has 220 valence electrons. The lowest BCUT2D eigenvalue weighted by atomic mass is 10.2. The molecule has 42 heavy (non-hydrogen) atoms. The Morgan fingerprint density at radius 1 is 0.976 bits per heavy atom. The summed E-state index contributed by atoms with van der Waals surface area (Å²) in [6.45, 7) is 0.391. The Kier molecular flexibility index (Phi) is 9.69. The Hall–Kier alpha value is -5.00. The first kappa shape index (κ1) is 30.0. The quantitative estimate of drug-likeness (QED) is 0.323. The molecule has 0 bridgehead atoms. The number of hydrogen-bond acceptors (Lipinski definition) is 5. The van der Waals surface area contributed by atoms with Crippen molar-refractivity contribution in [2.24, 2.45) is 0 Å². The first-order valence-corrected chi connectivity index (χ1v) is 12.9. The number of likely N-dealkylation sites (tertiary alicyclic amines) is 1. The first-order chi connectivity index (χ1) is 20.1. The summed E-state index contributed by atoms with van der Waals surface area (Å²) in [6.07, 6.45) is -2.44. The summed E-state index contributed by atoms with van der Waals surface area (Å²) in [5, 5.41) is 11.3. The first-order valence-electron chi connectivity index (χ1n) is 12.9. The molecule has 4 rings (SSSR count). The maximum atomic E-state index is 13.3. The smallest absolute Gasteiger partial charge is 0.489 e. The standard InChI is InChI=1S/C30H28F3N3O6/c31-30(32,33)42-26-11-6-22(7-12-26)20-41-25-13-9-24(10-14-25)36(27(37)15-8-21-4-2-1-3-5-21)19-28(38)35-17-16-23(18-35)34-29(39)40/h1-15,23,34H,16-20H2,(H,39,40). The van der Waals surface area contributed by atoms with Crippen LogP contribution in [0.2, 0.25) is 0 Å². The van der Waals surface area contributed by atoms with Crippen molar-refractivity contribution in [3.8, 4) is 11.5 Å². The summed E-state index contributed by atoms with van der Waals surface area (Å²) in [4.78, 5) is 40.2. The molecule has 3 amide bonds. The highest BCUT2D eigenvalue weighted by Gasteiger charge is 2.31. The fourth-order valence-corrected chi connectivity index (χ4v) is 4.31. The van der Waals surface area contributed by atoms with E-state index < -0.39 is 18.4 Å². The minimum Gasteiger partial charge on any atom is -0.489 e. The predicted molar refractivity (Wildman–Crippen MR) is 148 cm³/mol. The van der Waals surface area contributed by atoms with Gasteiger partial charge in [-0.15, -0.1) is 13.2 Å². The molecule has 12 heteroatoms. The van der Waals surface area contributed by atoms with Crippen LogP contribution in [-0.2, 0) is 16.2 Å². The number of alkyl halides is 3. The van der Waals surface area contributed by atoms with E-state index in [0.717, 1.165) is 5.56 Å². The molecule has 1 aliphatic rings. The zero-order chi connectivity index (χ0) is 30.1. The molecule has 1 fully saturated rings. The number of nitrogens with zero attached hydrogens (tertiary/aromatic N) is 2. The van der Waals surface area contributed by atoms with Gasteiger partial charge in [0.25, 0.3) is 5.91 Å². The predicted octanol–water partition coefficient (Wildman–Crippen LogP) is 5.08. The summed E-state index contributed by atoms with van der Waals surface area (Å²) in [7, 11) is 0. The lowest BCUT2D eigenvalue weighted by Gasteiger charge is -2.25. The third-order valence-electron chi connectivity index (χ3n) is 6.36. The van der Waals surface area contributed by atoms with Gasteiger partial charge in [0.1, 0.15) is 24.7 Å². The van der Waals surface area contributed by atoms with Gasteiger partial charge in [-0.2, -0.15) is 0 Å². The van der Waals surface area contributed by atoms with Gasteiger partial charge >= 0.3 is 12.5 Å². The van der Waals surface area contributed by atoms with Gasteiger partial charge in [0.05, 0.1) is 6.04 Å². The molecule has 0 saturated carbocycles. The number of halogens is 3. The molecule has 0 aromatic heterocycles. The fourth-order valence-electron chi connectivity index (χ4n) is 4.31. The van der Waals surface area contributed by atoms with Crippen LogP contribution in [0.4, 0.5) is 23.7 Å². The zero-order valence-electron chi connectivity index (χ0n) is 22.3. The Bertz CT molecular complexity index is 1400. The van der Waals surface area contributed by atoms with E-state index in [1.807, 2.05) is 30.3 Å². The van der Waals surface area contributed by atoms with Gasteiger partial charge in [0.15, 0.2) is 0 Å². The van der Waals surface area contributed by atoms with Gasteiger partial charge in [-0.05, 0) is 60.0 Å². The number of rotatable bonds is 10. The zero-order valence-corrected chi connectivity index (χ0v) is 22.3. The van der Waals surface area contributed by atoms with Crippen LogP contribution in [0.5, 0.6) is 11.5 Å². The van der Waals surface area contributed by atoms with E-state index in [9.17, 15) is 27.6 Å². The number of carboxylic acid groups (broad SMARTS) is 1. The average Bonchev–Trinajstić information content (AvgIpc) is 3.42. The molecule has 1 unspecified atom stereocenters. The molecule has 3 aromatic rings. The van der Waals surface area contributed by atoms with Crippen LogP contribution in [0, 0.1) is 0 Å². The van der Waals surface area contributed by atoms with Gasteiger partial charge in [0.2, 0.25) is 5.91 Å². The highest BCUT2D eigenvalue weighted by atomic mass is 19.4. The van der Waals surface area contributed by atoms with Gasteiger partial charge in [-0.25, -0.2) is 4.79 Å². The van der Waals surface area contributed by atoms with Crippen molar-refractivity contribution in [3.05, 3.63) is 96.1 Å². The lowest BCUT2D eigenvalue weighted by Crippen LogP contribution is -2.43. The number of nitrogens with one attached hydrogen (secondary N) is 1. The van der Waals surface area contributed by atoms with E-state index in [0.29, 0.717) is 30.0 Å². The largest absolute Gasteiger partial charge is 0.573 e. The second-order valence-corrected chi connectivity index (χ2v) is 9.42. The van der Waals surface area contributed by atoms with Crippen molar-refractivity contribution in [1.82, 2.24) is 10.2 Å². The van der Waals surface area contributed by atoms with E-state index in [1.165, 1.54) is 40.1 Å². The summed E-state index contributed by atoms with van der Waals surface area (Å²) in [5.41, 5.74) is 1.86. The average molecular weight is 584 g/mol. The van der Waals surface area contributed by atoms with E-state index in [1.54, 1.807) is 30.3 Å². The molecule has 0 radical (unpaired) electrons. The molecule has 3 aromatic carbocycles. The lowest BCUT2D eigenvalue weighted by molar-refractivity contribution is -0.274. The Balaban J connectivity index is 1.43. The highest BCUT2D eigenvalue weighted by molar-refractivity contribution is 6.06. The molecule has 2 N–H and O–H groups in total. The van der Waals surface area contributed by atoms with Crippen LogP contribution >= 0.6 is 0 Å². The molecule has 0 aliphatic carbocycles. The topological polar surface area (TPSA) is 108 Å². The molecule has 1 saturated heterocycles. The number of hydrogen-bond donors (Lipinski definition) is 2. The molecule has 0 spiro atoms. The Morgan fingerprint density at radius 2 is 1.64 bits per heavy atom. The monoisotopic (exact) mass is 583 g/mol. The van der Waals surface area contributed by atoms with Crippen molar-refractivity contribution >= 4 is 29.7 Å². The van der Waals surface area contributed by atoms with Crippen molar-refractivity contribution < 1.29 is 42.1 Å². The molecule has 1 aliphatic heterocycles. The van der Waals surface area contributed by atoms with Gasteiger partial charge < -0.3 is 24.8 Å². The molecule has 1 atom stereocenters. The number of carbonyl (C=O) groups excluding carboxylic acids is 2. The van der Waals surface area contributed by atoms with Crippen molar-refractivity contribution in [1.29, 1.82) is 0 Å². The Morgan fingerprint density at radius 3 is 2.29 bits per heavy atom. The van der Waals surface area contributed by atoms with Crippen molar-refractivity contribution in [2.75, 3.05) is 24.5 Å². The number of carbonyl (C=O) groups is 3. The SMILES string of the molecule is O=C(O)NC1CCN(C(=O)CN(C(=O)C=Cc2ccccc2)c2ccc(OCc3ccc(OC(F)(F)F)cc3)cc2)C1. The Labute approximate surface area is 239 Å². The number of benzene rings is 3. The second-order valence-electron chi connectivity index (χ2n) is 9.42. The van der Waals surface area contributed by atoms with Crippen LogP contribution in [0.15, 0.2) is 84.9 Å². The third-order valence-corrected chi connectivity index (χ3v) is 6.36. The summed E-state index contributed by atoms with van der Waals surface area (Å²) in [6, 6.07) is 20.6. The summed E-state index contributed by atoms with van der Waals surface area (Å²) in [5.74, 6) is -0.653. The second kappa shape index (κ2) is 13.6. The number of ether oxygens (including phenoxy) is 2. The maximum Gasteiger partial charge on any atom is 0.573 e. The van der Waals surface area contributed by atoms with Gasteiger partial charge in [-0.3, -0.25) is 14.5 Å². The normalized spacial score (nSPS) is 14.9. The van der Waals surface area contributed by atoms with Crippen LogP contribution < -0.4 is 19.7 Å². The maximum absolute atomic E-state index is 13.3. The van der Waals surface area contributed by atoms with Crippen LogP contribution in [0.25, 0.3) is 6.08 Å². The number of anilines is 1. The summed E-state index contributed by atoms with van der Waals surface area (Å²) < 4.78 is 46.7. The molecular formula is C30H28F3N3O6. The minimum atomic E-state index is -4.77. The van der Waals surface area contributed by atoms with Crippen molar-refractivity contribution in [3.63, 3.8) is 0 Å². The van der Waals surface area contributed by atoms with E-state index in [4.69, 9.17) is 9.84 Å². The van der Waals surface area contributed by atoms with Gasteiger partial charge in [-0.1, -0.05) is 42.5 Å². The fraction of sp³-hybridized carbons (Fsp3) is 0.233. The summed E-state index contributed by atoms with van der Waals surface area (Å²) >= 11 is 0. The van der Waals surface area contributed by atoms with Crippen LogP contribution in [-0.4, -0.2) is 60.0 Å². The van der Waals surface area contributed by atoms with Crippen LogP contribution in [0.1, 0.15) is 17.5 Å². The molecule has 9 nitrogen and oxygen atoms in total. The van der Waals surface area contributed by atoms with E-state index in [-0.39, 0.29) is 37.4 Å². The van der Waals surface area contributed by atoms with Gasteiger partial charge in [0, 0.05) is 24.9 Å². The number of amides is 3. The molecular weight excluding hydrogens is 555 g/mol. The molecule has 1 heterocycles. The van der Waals surface area contributed by atoms with Crippen molar-refractivity contribution in [2.45, 2.75) is 25.4 Å². The van der Waals surface area contributed by atoms with E-state index >= 15 is 0 Å². The minimum absolute atomic E-state index is 0.0765.